The van der Waals surface area contributed by atoms with Gasteiger partial charge in [-0.05, 0) is 36.8 Å². The van der Waals surface area contributed by atoms with Crippen LogP contribution in [0.3, 0.4) is 0 Å². The van der Waals surface area contributed by atoms with Crippen LogP contribution < -0.4 is 18.9 Å². The van der Waals surface area contributed by atoms with Gasteiger partial charge in [0, 0.05) is 31.3 Å². The van der Waals surface area contributed by atoms with E-state index in [0.29, 0.717) is 31.0 Å². The van der Waals surface area contributed by atoms with Gasteiger partial charge >= 0.3 is 0 Å². The topological polar surface area (TPSA) is 60.4 Å². The SMILES string of the molecule is COc1ccc(OC)c(CN2CC[C@@H](Oc3ccc(F)cc3OC)[C@H](O)C2)c1. The maximum Gasteiger partial charge on any atom is 0.163 e. The van der Waals surface area contributed by atoms with Crippen molar-refractivity contribution < 1.29 is 28.4 Å². The van der Waals surface area contributed by atoms with E-state index in [9.17, 15) is 9.50 Å². The van der Waals surface area contributed by atoms with Gasteiger partial charge in [0.25, 0.3) is 0 Å². The van der Waals surface area contributed by atoms with Crippen molar-refractivity contribution in [3.05, 3.63) is 47.8 Å². The molecule has 1 N–H and O–H groups in total. The summed E-state index contributed by atoms with van der Waals surface area (Å²) in [5, 5.41) is 10.6. The number of piperidine rings is 1. The van der Waals surface area contributed by atoms with Crippen LogP contribution in [0.2, 0.25) is 0 Å². The van der Waals surface area contributed by atoms with Crippen molar-refractivity contribution in [2.24, 2.45) is 0 Å². The first-order valence-corrected chi connectivity index (χ1v) is 9.15. The highest BCUT2D eigenvalue weighted by atomic mass is 19.1. The Morgan fingerprint density at radius 3 is 2.43 bits per heavy atom. The van der Waals surface area contributed by atoms with Crippen molar-refractivity contribution in [1.82, 2.24) is 4.90 Å². The Kier molecular flexibility index (Phi) is 6.59. The first-order valence-electron chi connectivity index (χ1n) is 9.15. The fourth-order valence-electron chi connectivity index (χ4n) is 3.40. The number of rotatable bonds is 7. The molecule has 0 spiro atoms. The van der Waals surface area contributed by atoms with Crippen molar-refractivity contribution in [2.45, 2.75) is 25.2 Å². The van der Waals surface area contributed by atoms with E-state index in [1.807, 2.05) is 18.2 Å². The Morgan fingerprint density at radius 1 is 1.00 bits per heavy atom. The van der Waals surface area contributed by atoms with Gasteiger partial charge < -0.3 is 24.1 Å². The summed E-state index contributed by atoms with van der Waals surface area (Å²) in [4.78, 5) is 2.14. The number of halogens is 1. The van der Waals surface area contributed by atoms with Crippen LogP contribution in [-0.4, -0.2) is 56.6 Å². The molecule has 3 rings (SSSR count). The zero-order valence-corrected chi connectivity index (χ0v) is 16.4. The van der Waals surface area contributed by atoms with Crippen molar-refractivity contribution >= 4 is 0 Å². The zero-order valence-electron chi connectivity index (χ0n) is 16.4. The second-order valence-corrected chi connectivity index (χ2v) is 6.72. The van der Waals surface area contributed by atoms with Gasteiger partial charge in [0.05, 0.1) is 21.3 Å². The van der Waals surface area contributed by atoms with Crippen LogP contribution in [0.1, 0.15) is 12.0 Å². The summed E-state index contributed by atoms with van der Waals surface area (Å²) < 4.78 is 35.2. The molecule has 152 valence electrons. The Morgan fingerprint density at radius 2 is 1.75 bits per heavy atom. The molecule has 2 aromatic carbocycles. The highest BCUT2D eigenvalue weighted by Gasteiger charge is 2.30. The van der Waals surface area contributed by atoms with E-state index in [0.717, 1.165) is 23.6 Å². The van der Waals surface area contributed by atoms with Gasteiger partial charge in [-0.3, -0.25) is 4.90 Å². The number of benzene rings is 2. The molecule has 2 aromatic rings. The van der Waals surface area contributed by atoms with E-state index in [4.69, 9.17) is 18.9 Å². The molecule has 0 amide bonds. The molecule has 1 saturated heterocycles. The molecule has 0 unspecified atom stereocenters. The number of nitrogens with zero attached hydrogens (tertiary/aromatic N) is 1. The third-order valence-corrected chi connectivity index (χ3v) is 4.89. The summed E-state index contributed by atoms with van der Waals surface area (Å²) in [6.07, 6.45) is -0.434. The maximum absolute atomic E-state index is 13.4. The van der Waals surface area contributed by atoms with Crippen LogP contribution in [0.4, 0.5) is 4.39 Å². The normalized spacial score (nSPS) is 19.9. The molecule has 0 bridgehead atoms. The van der Waals surface area contributed by atoms with Gasteiger partial charge in [0.1, 0.15) is 29.5 Å². The molecule has 2 atom stereocenters. The van der Waals surface area contributed by atoms with E-state index < -0.39 is 11.9 Å². The summed E-state index contributed by atoms with van der Waals surface area (Å²) in [5.41, 5.74) is 0.994. The Balaban J connectivity index is 1.64. The minimum absolute atomic E-state index is 0.316. The molecule has 0 radical (unpaired) electrons. The highest BCUT2D eigenvalue weighted by molar-refractivity contribution is 5.41. The molecule has 1 aliphatic rings. The lowest BCUT2D eigenvalue weighted by Gasteiger charge is -2.36. The lowest BCUT2D eigenvalue weighted by atomic mass is 10.0. The lowest BCUT2D eigenvalue weighted by Crippen LogP contribution is -2.48. The number of β-amino-alcohol motifs (C(OH)–C–C–N with tert-alkyl or cyclic N) is 1. The minimum atomic E-state index is -0.680. The lowest BCUT2D eigenvalue weighted by molar-refractivity contribution is -0.0284. The molecule has 1 heterocycles. The summed E-state index contributed by atoms with van der Waals surface area (Å²) >= 11 is 0. The minimum Gasteiger partial charge on any atom is -0.497 e. The van der Waals surface area contributed by atoms with E-state index in [1.54, 1.807) is 14.2 Å². The van der Waals surface area contributed by atoms with E-state index in [2.05, 4.69) is 4.90 Å². The molecule has 7 heteroatoms. The van der Waals surface area contributed by atoms with Gasteiger partial charge in [-0.2, -0.15) is 0 Å². The standard InChI is InChI=1S/C21H26FNO5/c1-25-16-5-7-18(26-2)14(10-16)12-23-9-8-19(17(24)13-23)28-20-6-4-15(22)11-21(20)27-3/h4-7,10-11,17,19,24H,8-9,12-13H2,1-3H3/t17-,19-/m1/s1. The smallest absolute Gasteiger partial charge is 0.163 e. The maximum atomic E-state index is 13.4. The van der Waals surface area contributed by atoms with Gasteiger partial charge in [-0.15, -0.1) is 0 Å². The second kappa shape index (κ2) is 9.12. The quantitative estimate of drug-likeness (QED) is 0.783. The van der Waals surface area contributed by atoms with Crippen LogP contribution in [0, 0.1) is 5.82 Å². The first-order chi connectivity index (χ1) is 13.5. The van der Waals surface area contributed by atoms with Crippen molar-refractivity contribution in [1.29, 1.82) is 0 Å². The number of methoxy groups -OCH3 is 3. The molecule has 1 fully saturated rings. The van der Waals surface area contributed by atoms with Crippen molar-refractivity contribution in [3.8, 4) is 23.0 Å². The molecule has 28 heavy (non-hydrogen) atoms. The summed E-state index contributed by atoms with van der Waals surface area (Å²) in [7, 11) is 4.72. The number of likely N-dealkylation sites (tertiary alicyclic amines) is 1. The van der Waals surface area contributed by atoms with E-state index in [-0.39, 0.29) is 6.10 Å². The third-order valence-electron chi connectivity index (χ3n) is 4.89. The summed E-state index contributed by atoms with van der Waals surface area (Å²) in [5.74, 6) is 1.89. The molecular weight excluding hydrogens is 365 g/mol. The predicted octanol–water partition coefficient (Wildman–Crippen LogP) is 2.87. The number of hydrogen-bond donors (Lipinski definition) is 1. The Labute approximate surface area is 164 Å². The molecule has 0 saturated carbocycles. The third kappa shape index (κ3) is 4.66. The van der Waals surface area contributed by atoms with Gasteiger partial charge in [0.2, 0.25) is 0 Å². The van der Waals surface area contributed by atoms with E-state index in [1.165, 1.54) is 25.3 Å². The predicted molar refractivity (Wildman–Crippen MR) is 103 cm³/mol. The molecule has 6 nitrogen and oxygen atoms in total. The molecular formula is C21H26FNO5. The number of aliphatic hydroxyl groups excluding tert-OH is 1. The summed E-state index contributed by atoms with van der Waals surface area (Å²) in [6, 6.07) is 9.78. The fraction of sp³-hybridized carbons (Fsp3) is 0.429. The van der Waals surface area contributed by atoms with Crippen molar-refractivity contribution in [3.63, 3.8) is 0 Å². The average molecular weight is 391 g/mol. The molecule has 0 aliphatic carbocycles. The highest BCUT2D eigenvalue weighted by Crippen LogP contribution is 2.31. The van der Waals surface area contributed by atoms with Gasteiger partial charge in [0.15, 0.2) is 11.5 Å². The summed E-state index contributed by atoms with van der Waals surface area (Å²) in [6.45, 7) is 1.82. The second-order valence-electron chi connectivity index (χ2n) is 6.72. The van der Waals surface area contributed by atoms with Crippen LogP contribution in [0.15, 0.2) is 36.4 Å². The monoisotopic (exact) mass is 391 g/mol. The van der Waals surface area contributed by atoms with Crippen LogP contribution in [0.25, 0.3) is 0 Å². The number of aliphatic hydroxyl groups is 1. The van der Waals surface area contributed by atoms with Crippen LogP contribution in [0.5, 0.6) is 23.0 Å². The fourth-order valence-corrected chi connectivity index (χ4v) is 3.40. The molecule has 0 aromatic heterocycles. The van der Waals surface area contributed by atoms with Crippen LogP contribution >= 0.6 is 0 Å². The van der Waals surface area contributed by atoms with Gasteiger partial charge in [-0.1, -0.05) is 0 Å². The number of ether oxygens (including phenoxy) is 4. The largest absolute Gasteiger partial charge is 0.497 e. The Hall–Kier alpha value is -2.51. The van der Waals surface area contributed by atoms with Crippen LogP contribution in [-0.2, 0) is 6.54 Å². The van der Waals surface area contributed by atoms with Crippen molar-refractivity contribution in [2.75, 3.05) is 34.4 Å². The average Bonchev–Trinajstić information content (AvgIpc) is 2.71. The molecule has 1 aliphatic heterocycles. The number of hydrogen-bond acceptors (Lipinski definition) is 6. The van der Waals surface area contributed by atoms with E-state index >= 15 is 0 Å². The first kappa shape index (κ1) is 20.2. The zero-order chi connectivity index (χ0) is 20.1. The van der Waals surface area contributed by atoms with Gasteiger partial charge in [-0.25, -0.2) is 4.39 Å². The Bertz CT molecular complexity index is 800.